The lowest BCUT2D eigenvalue weighted by Gasteiger charge is -2.14. The van der Waals surface area contributed by atoms with Crippen LogP contribution in [0.2, 0.25) is 0 Å². The predicted octanol–water partition coefficient (Wildman–Crippen LogP) is 1.81. The first-order valence-corrected chi connectivity index (χ1v) is 7.24. The second kappa shape index (κ2) is 6.43. The van der Waals surface area contributed by atoms with Crippen LogP contribution in [0.25, 0.3) is 0 Å². The molecule has 4 nitrogen and oxygen atoms in total. The largest absolute Gasteiger partial charge is 0.383 e. The van der Waals surface area contributed by atoms with E-state index in [1.165, 1.54) is 0 Å². The average molecular weight is 266 g/mol. The van der Waals surface area contributed by atoms with Gasteiger partial charge in [0.25, 0.3) is 0 Å². The van der Waals surface area contributed by atoms with Gasteiger partial charge in [-0.25, -0.2) is 13.1 Å². The summed E-state index contributed by atoms with van der Waals surface area (Å²) < 4.78 is 26.8. The molecular formula is C13H18N2O2S. The molecule has 98 valence electrons. The molecule has 0 aliphatic heterocycles. The summed E-state index contributed by atoms with van der Waals surface area (Å²) in [6.45, 7) is 4.11. The first-order chi connectivity index (χ1) is 8.47. The van der Waals surface area contributed by atoms with Crippen LogP contribution in [-0.2, 0) is 10.0 Å². The summed E-state index contributed by atoms with van der Waals surface area (Å²) in [5, 5.41) is 3.03. The molecule has 2 N–H and O–H groups in total. The maximum Gasteiger partial charge on any atom is 0.242 e. The van der Waals surface area contributed by atoms with Crippen molar-refractivity contribution in [3.8, 4) is 12.3 Å². The Labute approximate surface area is 109 Å². The molecule has 0 bridgehead atoms. The van der Waals surface area contributed by atoms with Gasteiger partial charge in [0.1, 0.15) is 4.90 Å². The zero-order valence-corrected chi connectivity index (χ0v) is 11.4. The summed E-state index contributed by atoms with van der Waals surface area (Å²) in [5.41, 5.74) is 0.570. The van der Waals surface area contributed by atoms with Gasteiger partial charge in [0, 0.05) is 19.0 Å². The summed E-state index contributed by atoms with van der Waals surface area (Å²) in [6.07, 6.45) is 5.71. The number of para-hydroxylation sites is 1. The molecule has 5 heteroatoms. The van der Waals surface area contributed by atoms with E-state index in [0.29, 0.717) is 18.7 Å². The van der Waals surface area contributed by atoms with Crippen LogP contribution in [0.5, 0.6) is 0 Å². The number of nitrogens with one attached hydrogen (secondary N) is 2. The van der Waals surface area contributed by atoms with Gasteiger partial charge in [0.15, 0.2) is 0 Å². The SMILES string of the molecule is C#CCCNc1ccccc1S(=O)(=O)NC(C)C. The third-order valence-electron chi connectivity index (χ3n) is 2.15. The van der Waals surface area contributed by atoms with Crippen LogP contribution < -0.4 is 10.0 Å². The molecule has 1 aromatic rings. The molecule has 0 aromatic heterocycles. The molecular weight excluding hydrogens is 248 g/mol. The van der Waals surface area contributed by atoms with Gasteiger partial charge in [0.05, 0.1) is 5.69 Å². The first-order valence-electron chi connectivity index (χ1n) is 5.76. The molecule has 0 aliphatic carbocycles. The summed E-state index contributed by atoms with van der Waals surface area (Å²) >= 11 is 0. The van der Waals surface area contributed by atoms with Gasteiger partial charge in [-0.05, 0) is 26.0 Å². The van der Waals surface area contributed by atoms with Crippen molar-refractivity contribution >= 4 is 15.7 Å². The van der Waals surface area contributed by atoms with Crippen molar-refractivity contribution in [1.82, 2.24) is 4.72 Å². The van der Waals surface area contributed by atoms with E-state index >= 15 is 0 Å². The van der Waals surface area contributed by atoms with Crippen molar-refractivity contribution < 1.29 is 8.42 Å². The van der Waals surface area contributed by atoms with E-state index in [1.807, 2.05) is 0 Å². The van der Waals surface area contributed by atoms with Crippen LogP contribution >= 0.6 is 0 Å². The normalized spacial score (nSPS) is 11.2. The minimum Gasteiger partial charge on any atom is -0.383 e. The van der Waals surface area contributed by atoms with Gasteiger partial charge < -0.3 is 5.32 Å². The Morgan fingerprint density at radius 2 is 2.00 bits per heavy atom. The zero-order chi connectivity index (χ0) is 13.6. The summed E-state index contributed by atoms with van der Waals surface area (Å²) in [5.74, 6) is 2.50. The average Bonchev–Trinajstić information content (AvgIpc) is 2.28. The fraction of sp³-hybridized carbons (Fsp3) is 0.385. The van der Waals surface area contributed by atoms with E-state index in [-0.39, 0.29) is 10.9 Å². The number of hydrogen-bond donors (Lipinski definition) is 2. The van der Waals surface area contributed by atoms with E-state index in [0.717, 1.165) is 0 Å². The minimum atomic E-state index is -3.49. The van der Waals surface area contributed by atoms with Crippen molar-refractivity contribution in [3.63, 3.8) is 0 Å². The standard InChI is InChI=1S/C13H18N2O2S/c1-4-5-10-14-12-8-6-7-9-13(12)18(16,17)15-11(2)3/h1,6-9,11,14-15H,5,10H2,2-3H3. The monoisotopic (exact) mass is 266 g/mol. The molecule has 0 unspecified atom stereocenters. The van der Waals surface area contributed by atoms with Gasteiger partial charge in [-0.2, -0.15) is 0 Å². The molecule has 0 heterocycles. The molecule has 0 spiro atoms. The highest BCUT2D eigenvalue weighted by Crippen LogP contribution is 2.20. The van der Waals surface area contributed by atoms with Gasteiger partial charge in [-0.3, -0.25) is 0 Å². The van der Waals surface area contributed by atoms with Crippen LogP contribution in [0, 0.1) is 12.3 Å². The van der Waals surface area contributed by atoms with E-state index in [9.17, 15) is 8.42 Å². The molecule has 0 aliphatic rings. The maximum atomic E-state index is 12.1. The predicted molar refractivity (Wildman–Crippen MR) is 73.8 cm³/mol. The quantitative estimate of drug-likeness (QED) is 0.610. The molecule has 0 radical (unpaired) electrons. The molecule has 0 saturated carbocycles. The van der Waals surface area contributed by atoms with Gasteiger partial charge in [0.2, 0.25) is 10.0 Å². The molecule has 1 aromatic carbocycles. The van der Waals surface area contributed by atoms with E-state index in [2.05, 4.69) is 16.0 Å². The van der Waals surface area contributed by atoms with E-state index in [1.54, 1.807) is 38.1 Å². The fourth-order valence-electron chi connectivity index (χ4n) is 1.49. The van der Waals surface area contributed by atoms with Crippen molar-refractivity contribution in [2.45, 2.75) is 31.2 Å². The molecule has 18 heavy (non-hydrogen) atoms. The zero-order valence-electron chi connectivity index (χ0n) is 10.6. The molecule has 0 saturated heterocycles. The molecule has 0 atom stereocenters. The highest BCUT2D eigenvalue weighted by Gasteiger charge is 2.18. The number of anilines is 1. The second-order valence-corrected chi connectivity index (χ2v) is 5.84. The number of terminal acetylenes is 1. The van der Waals surface area contributed by atoms with Crippen molar-refractivity contribution in [2.75, 3.05) is 11.9 Å². The van der Waals surface area contributed by atoms with E-state index in [4.69, 9.17) is 6.42 Å². The topological polar surface area (TPSA) is 58.2 Å². The number of hydrogen-bond acceptors (Lipinski definition) is 3. The first kappa shape index (κ1) is 14.6. The minimum absolute atomic E-state index is 0.145. The number of rotatable bonds is 6. The smallest absolute Gasteiger partial charge is 0.242 e. The highest BCUT2D eigenvalue weighted by molar-refractivity contribution is 7.89. The summed E-state index contributed by atoms with van der Waals surface area (Å²) in [4.78, 5) is 0.246. The Balaban J connectivity index is 2.98. The number of benzene rings is 1. The van der Waals surface area contributed by atoms with Gasteiger partial charge in [-0.1, -0.05) is 12.1 Å². The summed E-state index contributed by atoms with van der Waals surface area (Å²) in [7, 11) is -3.49. The third kappa shape index (κ3) is 4.06. The Bertz CT molecular complexity index is 530. The van der Waals surface area contributed by atoms with Gasteiger partial charge >= 0.3 is 0 Å². The lowest BCUT2D eigenvalue weighted by atomic mass is 10.3. The third-order valence-corrected chi connectivity index (χ3v) is 3.87. The van der Waals surface area contributed by atoms with E-state index < -0.39 is 10.0 Å². The maximum absolute atomic E-state index is 12.1. The number of sulfonamides is 1. The summed E-state index contributed by atoms with van der Waals surface area (Å²) in [6, 6.07) is 6.64. The highest BCUT2D eigenvalue weighted by atomic mass is 32.2. The van der Waals surface area contributed by atoms with Crippen molar-refractivity contribution in [3.05, 3.63) is 24.3 Å². The van der Waals surface area contributed by atoms with Crippen LogP contribution in [0.3, 0.4) is 0 Å². The Hall–Kier alpha value is -1.51. The second-order valence-electron chi connectivity index (χ2n) is 4.15. The molecule has 0 fully saturated rings. The van der Waals surface area contributed by atoms with Crippen molar-refractivity contribution in [1.29, 1.82) is 0 Å². The van der Waals surface area contributed by atoms with Crippen LogP contribution in [0.15, 0.2) is 29.2 Å². The van der Waals surface area contributed by atoms with Gasteiger partial charge in [-0.15, -0.1) is 12.3 Å². The van der Waals surface area contributed by atoms with Crippen LogP contribution in [0.4, 0.5) is 5.69 Å². The van der Waals surface area contributed by atoms with Crippen LogP contribution in [-0.4, -0.2) is 21.0 Å². The molecule has 1 rings (SSSR count). The van der Waals surface area contributed by atoms with Crippen LogP contribution in [0.1, 0.15) is 20.3 Å². The Kier molecular flexibility index (Phi) is 5.20. The lowest BCUT2D eigenvalue weighted by molar-refractivity contribution is 0.570. The lowest BCUT2D eigenvalue weighted by Crippen LogP contribution is -2.30. The Morgan fingerprint density at radius 3 is 2.61 bits per heavy atom. The fourth-order valence-corrected chi connectivity index (χ4v) is 2.93. The molecule has 0 amide bonds. The van der Waals surface area contributed by atoms with Crippen molar-refractivity contribution in [2.24, 2.45) is 0 Å². The Morgan fingerprint density at radius 1 is 1.33 bits per heavy atom.